The predicted octanol–water partition coefficient (Wildman–Crippen LogP) is 2.16. The first kappa shape index (κ1) is 17.1. The SMILES string of the molecule is CC1(n2c(=O)c3sc4c(=O)n(C5(C(F)(F)F)CC5)c(=O)c4sc3c2=O)CC1. The van der Waals surface area contributed by atoms with Crippen molar-refractivity contribution in [3.8, 4) is 0 Å². The van der Waals surface area contributed by atoms with Crippen LogP contribution in [0.2, 0.25) is 0 Å². The van der Waals surface area contributed by atoms with Gasteiger partial charge in [-0.3, -0.25) is 28.3 Å². The van der Waals surface area contributed by atoms with Gasteiger partial charge in [-0.1, -0.05) is 0 Å². The first-order chi connectivity index (χ1) is 12.5. The van der Waals surface area contributed by atoms with Crippen LogP contribution in [0.3, 0.4) is 0 Å². The van der Waals surface area contributed by atoms with E-state index in [0.717, 1.165) is 4.57 Å². The molecule has 0 unspecified atom stereocenters. The fourth-order valence-electron chi connectivity index (χ4n) is 3.58. The van der Waals surface area contributed by atoms with Crippen LogP contribution in [0, 0.1) is 0 Å². The van der Waals surface area contributed by atoms with Gasteiger partial charge in [0.05, 0.1) is 0 Å². The van der Waals surface area contributed by atoms with E-state index in [4.69, 9.17) is 0 Å². The van der Waals surface area contributed by atoms with Crippen molar-refractivity contribution in [2.75, 3.05) is 0 Å². The Balaban J connectivity index is 1.88. The molecule has 0 aliphatic heterocycles. The topological polar surface area (TPSA) is 78.1 Å². The lowest BCUT2D eigenvalue weighted by molar-refractivity contribution is -0.181. The highest BCUT2D eigenvalue weighted by molar-refractivity contribution is 7.36. The second kappa shape index (κ2) is 4.69. The van der Waals surface area contributed by atoms with E-state index in [0.29, 0.717) is 35.5 Å². The molecule has 0 aromatic carbocycles. The largest absolute Gasteiger partial charge is 0.412 e. The van der Waals surface area contributed by atoms with Gasteiger partial charge in [0, 0.05) is 5.54 Å². The van der Waals surface area contributed by atoms with Crippen molar-refractivity contribution >= 4 is 41.5 Å². The molecule has 0 bridgehead atoms. The summed E-state index contributed by atoms with van der Waals surface area (Å²) >= 11 is 1.30. The molecule has 2 fully saturated rings. The van der Waals surface area contributed by atoms with E-state index in [2.05, 4.69) is 0 Å². The fraction of sp³-hybridized carbons (Fsp3) is 0.500. The summed E-state index contributed by atoms with van der Waals surface area (Å²) in [4.78, 5) is 50.6. The van der Waals surface area contributed by atoms with Gasteiger partial charge in [-0.05, 0) is 32.6 Å². The number of halogens is 3. The Bertz CT molecular complexity index is 1290. The monoisotopic (exact) mass is 416 g/mol. The maximum absolute atomic E-state index is 13.4. The second-order valence-corrected chi connectivity index (χ2v) is 9.48. The number of fused-ring (bicyclic) bond motifs is 2. The number of nitrogens with zero attached hydrogens (tertiary/aromatic N) is 2. The van der Waals surface area contributed by atoms with Crippen LogP contribution in [-0.2, 0) is 11.1 Å². The van der Waals surface area contributed by atoms with Crippen molar-refractivity contribution in [2.24, 2.45) is 0 Å². The minimum Gasteiger partial charge on any atom is -0.268 e. The molecular formula is C16H11F3N2O4S2. The number of rotatable bonds is 2. The number of hydrogen-bond donors (Lipinski definition) is 0. The molecule has 0 radical (unpaired) electrons. The summed E-state index contributed by atoms with van der Waals surface area (Å²) in [5.41, 5.74) is -6.20. The second-order valence-electron chi connectivity index (χ2n) is 7.44. The molecule has 5 rings (SSSR count). The highest BCUT2D eigenvalue weighted by atomic mass is 32.1. The maximum atomic E-state index is 13.4. The lowest BCUT2D eigenvalue weighted by Crippen LogP contribution is -2.45. The van der Waals surface area contributed by atoms with Gasteiger partial charge in [-0.25, -0.2) is 0 Å². The third-order valence-corrected chi connectivity index (χ3v) is 8.19. The van der Waals surface area contributed by atoms with E-state index in [1.165, 1.54) is 0 Å². The van der Waals surface area contributed by atoms with Gasteiger partial charge in [0.25, 0.3) is 22.2 Å². The first-order valence-corrected chi connectivity index (χ1v) is 9.84. The van der Waals surface area contributed by atoms with E-state index in [1.54, 1.807) is 6.92 Å². The van der Waals surface area contributed by atoms with Gasteiger partial charge >= 0.3 is 6.18 Å². The molecule has 2 saturated carbocycles. The number of alkyl halides is 3. The first-order valence-electron chi connectivity index (χ1n) is 8.21. The zero-order chi connectivity index (χ0) is 19.5. The maximum Gasteiger partial charge on any atom is 0.412 e. The molecule has 3 aromatic heterocycles. The van der Waals surface area contributed by atoms with E-state index in [1.807, 2.05) is 0 Å². The van der Waals surface area contributed by atoms with Crippen LogP contribution in [0.5, 0.6) is 0 Å². The van der Waals surface area contributed by atoms with Gasteiger partial charge in [0.1, 0.15) is 24.3 Å². The summed E-state index contributed by atoms with van der Waals surface area (Å²) in [6.45, 7) is 1.77. The Morgan fingerprint density at radius 3 is 1.41 bits per heavy atom. The summed E-state index contributed by atoms with van der Waals surface area (Å²) in [6.07, 6.45) is -4.04. The van der Waals surface area contributed by atoms with Crippen LogP contribution in [-0.4, -0.2) is 15.3 Å². The van der Waals surface area contributed by atoms with E-state index < -0.39 is 39.5 Å². The summed E-state index contributed by atoms with van der Waals surface area (Å²) < 4.78 is 41.3. The quantitative estimate of drug-likeness (QED) is 0.642. The third kappa shape index (κ3) is 1.96. The third-order valence-electron chi connectivity index (χ3n) is 5.60. The van der Waals surface area contributed by atoms with Crippen LogP contribution >= 0.6 is 22.7 Å². The molecule has 0 saturated heterocycles. The van der Waals surface area contributed by atoms with Crippen LogP contribution in [0.25, 0.3) is 18.8 Å². The van der Waals surface area contributed by atoms with Crippen molar-refractivity contribution in [1.82, 2.24) is 9.13 Å². The normalized spacial score (nSPS) is 20.4. The van der Waals surface area contributed by atoms with Gasteiger partial charge in [0.2, 0.25) is 0 Å². The molecule has 11 heteroatoms. The van der Waals surface area contributed by atoms with Crippen molar-refractivity contribution in [2.45, 2.75) is 49.9 Å². The van der Waals surface area contributed by atoms with E-state index in [-0.39, 0.29) is 36.2 Å². The molecule has 3 heterocycles. The fourth-order valence-corrected chi connectivity index (χ4v) is 5.92. The zero-order valence-corrected chi connectivity index (χ0v) is 15.4. The molecule has 142 valence electrons. The molecule has 0 atom stereocenters. The van der Waals surface area contributed by atoms with Gasteiger partial charge in [-0.15, -0.1) is 22.7 Å². The lowest BCUT2D eigenvalue weighted by atomic mass is 10.2. The van der Waals surface area contributed by atoms with Gasteiger partial charge < -0.3 is 0 Å². The predicted molar refractivity (Wildman–Crippen MR) is 95.6 cm³/mol. The molecule has 6 nitrogen and oxygen atoms in total. The van der Waals surface area contributed by atoms with Crippen molar-refractivity contribution in [3.63, 3.8) is 0 Å². The highest BCUT2D eigenvalue weighted by Gasteiger charge is 2.66. The molecule has 27 heavy (non-hydrogen) atoms. The molecule has 0 N–H and O–H groups in total. The standard InChI is InChI=1S/C16H11F3N2O4S2/c1-14(2-3-14)20-10(22)6-7(11(20)23)27-9-8(26-6)12(24)21(13(9)25)15(4-5-15)16(17,18)19/h2-5H2,1H3. The van der Waals surface area contributed by atoms with Gasteiger partial charge in [0.15, 0.2) is 0 Å². The Hall–Kier alpha value is -2.01. The van der Waals surface area contributed by atoms with E-state index in [9.17, 15) is 32.3 Å². The number of aromatic nitrogens is 2. The molecular weight excluding hydrogens is 405 g/mol. The number of hydrogen-bond acceptors (Lipinski definition) is 6. The summed E-state index contributed by atoms with van der Waals surface area (Å²) in [5.74, 6) is 0. The molecule has 2 aliphatic carbocycles. The van der Waals surface area contributed by atoms with Crippen molar-refractivity contribution < 1.29 is 13.2 Å². The van der Waals surface area contributed by atoms with Crippen LogP contribution in [0.4, 0.5) is 13.2 Å². The summed E-state index contributed by atoms with van der Waals surface area (Å²) in [6, 6.07) is 0. The van der Waals surface area contributed by atoms with Crippen LogP contribution < -0.4 is 22.2 Å². The summed E-state index contributed by atoms with van der Waals surface area (Å²) in [5, 5.41) is 0. The average Bonchev–Trinajstić information content (AvgIpc) is 3.48. The molecule has 0 spiro atoms. The lowest BCUT2D eigenvalue weighted by Gasteiger charge is -2.18. The van der Waals surface area contributed by atoms with Crippen LogP contribution in [0.15, 0.2) is 19.2 Å². The zero-order valence-electron chi connectivity index (χ0n) is 13.8. The minimum absolute atomic E-state index is 0.0248. The van der Waals surface area contributed by atoms with Crippen molar-refractivity contribution in [3.05, 3.63) is 41.4 Å². The average molecular weight is 416 g/mol. The van der Waals surface area contributed by atoms with Crippen LogP contribution in [0.1, 0.15) is 32.6 Å². The Kier molecular flexibility index (Phi) is 2.97. The molecule has 2 aliphatic rings. The highest BCUT2D eigenvalue weighted by Crippen LogP contribution is 2.54. The Morgan fingerprint density at radius 1 is 0.741 bits per heavy atom. The molecule has 0 amide bonds. The summed E-state index contributed by atoms with van der Waals surface area (Å²) in [7, 11) is 0. The molecule has 3 aromatic rings. The van der Waals surface area contributed by atoms with E-state index >= 15 is 0 Å². The smallest absolute Gasteiger partial charge is 0.268 e. The minimum atomic E-state index is -4.72. The Labute approximate surface area is 155 Å². The Morgan fingerprint density at radius 2 is 1.11 bits per heavy atom. The van der Waals surface area contributed by atoms with Crippen molar-refractivity contribution in [1.29, 1.82) is 0 Å². The van der Waals surface area contributed by atoms with Gasteiger partial charge in [-0.2, -0.15) is 13.2 Å².